The highest BCUT2D eigenvalue weighted by Gasteiger charge is 2.47. The molecule has 50 heavy (non-hydrogen) atoms. The zero-order valence-corrected chi connectivity index (χ0v) is 30.1. The SMILES string of the molecule is Cc1ccc(S(=O)(=O)NN(C)[C@](CCC=N)(NC(=O)CN2C=CN(C(=O)OC(C)(C)C)[C@@H](Cc3ccccc3)C2=O)C(=O)c2nccs2)cc1. The van der Waals surface area contributed by atoms with Crippen molar-refractivity contribution in [3.8, 4) is 0 Å². The van der Waals surface area contributed by atoms with Crippen molar-refractivity contribution in [2.24, 2.45) is 0 Å². The Morgan fingerprint density at radius 2 is 1.76 bits per heavy atom. The molecule has 3 aromatic rings. The first-order chi connectivity index (χ1) is 23.6. The van der Waals surface area contributed by atoms with Crippen LogP contribution in [-0.2, 0) is 30.8 Å². The van der Waals surface area contributed by atoms with Gasteiger partial charge in [0.05, 0.1) is 4.90 Å². The maximum Gasteiger partial charge on any atom is 0.415 e. The molecule has 0 bridgehead atoms. The quantitative estimate of drug-likeness (QED) is 0.0963. The number of amides is 3. The predicted molar refractivity (Wildman–Crippen MR) is 187 cm³/mol. The predicted octanol–water partition coefficient (Wildman–Crippen LogP) is 3.86. The average molecular weight is 724 g/mol. The van der Waals surface area contributed by atoms with E-state index in [0.29, 0.717) is 0 Å². The van der Waals surface area contributed by atoms with Crippen LogP contribution in [0.1, 0.15) is 54.5 Å². The average Bonchev–Trinajstić information content (AvgIpc) is 3.59. The summed E-state index contributed by atoms with van der Waals surface area (Å²) in [4.78, 5) is 63.9. The van der Waals surface area contributed by atoms with Crippen molar-refractivity contribution in [1.82, 2.24) is 29.9 Å². The van der Waals surface area contributed by atoms with E-state index in [1.807, 2.05) is 25.1 Å². The standard InChI is InChI=1S/C34H41N7O7S2/c1-24-12-14-26(15-13-24)50(46,47)38-39(5)34(16-9-17-35,29(43)30-36-18-21-49-30)37-28(42)23-40-19-20-41(32(45)48-33(2,3)4)27(31(40)44)22-25-10-7-6-8-11-25/h6-8,10-15,17-21,27,35,38H,9,16,22-23H2,1-5H3,(H,37,42)/t27-,34-/m0/s1. The molecule has 0 saturated carbocycles. The van der Waals surface area contributed by atoms with Crippen molar-refractivity contribution >= 4 is 51.3 Å². The van der Waals surface area contributed by atoms with Crippen LogP contribution in [0.2, 0.25) is 0 Å². The van der Waals surface area contributed by atoms with Gasteiger partial charge in [-0.05, 0) is 64.4 Å². The Morgan fingerprint density at radius 1 is 1.08 bits per heavy atom. The van der Waals surface area contributed by atoms with Gasteiger partial charge in [-0.3, -0.25) is 19.3 Å². The minimum Gasteiger partial charge on any atom is -0.443 e. The zero-order chi connectivity index (χ0) is 36.7. The number of thiazole rings is 1. The van der Waals surface area contributed by atoms with Crippen LogP contribution in [0.3, 0.4) is 0 Å². The highest BCUT2D eigenvalue weighted by molar-refractivity contribution is 7.89. The fourth-order valence-corrected chi connectivity index (χ4v) is 6.94. The molecule has 14 nitrogen and oxygen atoms in total. The van der Waals surface area contributed by atoms with Crippen LogP contribution >= 0.6 is 11.3 Å². The van der Waals surface area contributed by atoms with E-state index >= 15 is 0 Å². The second-order valence-electron chi connectivity index (χ2n) is 12.6. The van der Waals surface area contributed by atoms with E-state index in [0.717, 1.165) is 38.6 Å². The topological polar surface area (TPSA) is 182 Å². The molecule has 1 aliphatic rings. The number of hydrogen-bond donors (Lipinski definition) is 3. The lowest BCUT2D eigenvalue weighted by atomic mass is 9.97. The summed E-state index contributed by atoms with van der Waals surface area (Å²) >= 11 is 0.998. The number of benzene rings is 2. The van der Waals surface area contributed by atoms with Crippen molar-refractivity contribution in [2.45, 2.75) is 69.2 Å². The molecule has 2 heterocycles. The summed E-state index contributed by atoms with van der Waals surface area (Å²) in [7, 11) is -2.96. The number of hydrazine groups is 1. The summed E-state index contributed by atoms with van der Waals surface area (Å²) in [5.74, 6) is -2.12. The molecule has 0 fully saturated rings. The van der Waals surface area contributed by atoms with E-state index in [1.165, 1.54) is 42.7 Å². The fraction of sp³-hybridized carbons (Fsp3) is 0.353. The maximum absolute atomic E-state index is 14.2. The third kappa shape index (κ3) is 9.26. The van der Waals surface area contributed by atoms with E-state index in [-0.39, 0.29) is 29.2 Å². The first-order valence-corrected chi connectivity index (χ1v) is 18.0. The summed E-state index contributed by atoms with van der Waals surface area (Å²) in [6, 6.07) is 14.1. The van der Waals surface area contributed by atoms with Gasteiger partial charge in [-0.1, -0.05) is 48.0 Å². The Balaban J connectivity index is 1.66. The number of aromatic nitrogens is 1. The molecule has 4 rings (SSSR count). The lowest BCUT2D eigenvalue weighted by Gasteiger charge is -2.41. The number of rotatable bonds is 14. The van der Waals surface area contributed by atoms with Gasteiger partial charge >= 0.3 is 6.09 Å². The largest absolute Gasteiger partial charge is 0.443 e. The van der Waals surface area contributed by atoms with Crippen LogP contribution in [0, 0.1) is 12.3 Å². The Kier molecular flexibility index (Phi) is 12.1. The lowest BCUT2D eigenvalue weighted by Crippen LogP contribution is -2.69. The Hall–Kier alpha value is -4.77. The minimum atomic E-state index is -4.25. The van der Waals surface area contributed by atoms with Crippen LogP contribution in [0.15, 0.2) is 83.5 Å². The van der Waals surface area contributed by atoms with E-state index in [2.05, 4.69) is 15.1 Å². The normalized spacial score (nSPS) is 16.2. The first kappa shape index (κ1) is 38.0. The number of nitrogens with one attached hydrogen (secondary N) is 3. The fourth-order valence-electron chi connectivity index (χ4n) is 5.18. The van der Waals surface area contributed by atoms with Gasteiger partial charge in [-0.25, -0.2) is 23.2 Å². The summed E-state index contributed by atoms with van der Waals surface area (Å²) in [5, 5.41) is 12.9. The minimum absolute atomic E-state index is 0.0125. The van der Waals surface area contributed by atoms with Gasteiger partial charge in [0.15, 0.2) is 10.7 Å². The van der Waals surface area contributed by atoms with Crippen LogP contribution in [0.4, 0.5) is 4.79 Å². The molecule has 0 radical (unpaired) electrons. The number of aryl methyl sites for hydroxylation is 1. The molecule has 3 N–H and O–H groups in total. The monoisotopic (exact) mass is 723 g/mol. The molecule has 266 valence electrons. The summed E-state index contributed by atoms with van der Waals surface area (Å²) < 4.78 is 32.4. The molecule has 1 aliphatic heterocycles. The second-order valence-corrected chi connectivity index (χ2v) is 15.2. The van der Waals surface area contributed by atoms with Crippen molar-refractivity contribution in [3.05, 3.63) is 94.7 Å². The number of carbonyl (C=O) groups is 4. The van der Waals surface area contributed by atoms with Gasteiger partial charge in [0.2, 0.25) is 11.7 Å². The van der Waals surface area contributed by atoms with E-state index in [4.69, 9.17) is 10.1 Å². The van der Waals surface area contributed by atoms with Crippen LogP contribution in [0.25, 0.3) is 0 Å². The Bertz CT molecular complexity index is 1830. The number of nitrogens with zero attached hydrogens (tertiary/aromatic N) is 4. The van der Waals surface area contributed by atoms with Gasteiger partial charge in [-0.2, -0.15) is 0 Å². The van der Waals surface area contributed by atoms with Gasteiger partial charge in [0, 0.05) is 37.4 Å². The number of carbonyl (C=O) groups excluding carboxylic acids is 4. The van der Waals surface area contributed by atoms with E-state index < -0.39 is 57.6 Å². The molecular formula is C34H41N7O7S2. The van der Waals surface area contributed by atoms with Gasteiger partial charge in [0.25, 0.3) is 15.9 Å². The third-order valence-corrected chi connectivity index (χ3v) is 9.84. The first-order valence-electron chi connectivity index (χ1n) is 15.7. The van der Waals surface area contributed by atoms with Gasteiger partial charge in [-0.15, -0.1) is 16.2 Å². The van der Waals surface area contributed by atoms with Crippen LogP contribution in [-0.4, -0.2) is 89.0 Å². The maximum atomic E-state index is 14.2. The Labute approximate surface area is 295 Å². The van der Waals surface area contributed by atoms with E-state index in [1.54, 1.807) is 50.4 Å². The molecule has 0 aliphatic carbocycles. The molecule has 1 aromatic heterocycles. The molecule has 3 amide bonds. The Morgan fingerprint density at radius 3 is 2.36 bits per heavy atom. The van der Waals surface area contributed by atoms with Crippen molar-refractivity contribution < 1.29 is 32.3 Å². The molecule has 16 heteroatoms. The summed E-state index contributed by atoms with van der Waals surface area (Å²) in [5.41, 5.74) is -1.30. The molecule has 0 unspecified atom stereocenters. The number of ether oxygens (including phenoxy) is 1. The number of ketones is 1. The summed E-state index contributed by atoms with van der Waals surface area (Å²) in [6.07, 6.45) is 4.21. The molecule has 0 saturated heterocycles. The number of sulfonamides is 1. The van der Waals surface area contributed by atoms with Crippen molar-refractivity contribution in [1.29, 1.82) is 5.41 Å². The molecular weight excluding hydrogens is 683 g/mol. The molecule has 0 spiro atoms. The number of Topliss-reactive ketones (excluding diaryl/α,β-unsaturated/α-hetero) is 1. The summed E-state index contributed by atoms with van der Waals surface area (Å²) in [6.45, 7) is 6.34. The van der Waals surface area contributed by atoms with E-state index in [9.17, 15) is 27.6 Å². The van der Waals surface area contributed by atoms with Crippen molar-refractivity contribution in [3.63, 3.8) is 0 Å². The third-order valence-electron chi connectivity index (χ3n) is 7.66. The van der Waals surface area contributed by atoms with Crippen molar-refractivity contribution in [2.75, 3.05) is 13.6 Å². The lowest BCUT2D eigenvalue weighted by molar-refractivity contribution is -0.139. The highest BCUT2D eigenvalue weighted by Crippen LogP contribution is 2.26. The number of likely N-dealkylation sites (N-methyl/N-ethyl adjacent to an activating group) is 1. The molecule has 2 atom stereocenters. The smallest absolute Gasteiger partial charge is 0.415 e. The van der Waals surface area contributed by atoms with Gasteiger partial charge < -0.3 is 20.4 Å². The van der Waals surface area contributed by atoms with Crippen LogP contribution < -0.4 is 10.1 Å². The zero-order valence-electron chi connectivity index (χ0n) is 28.5. The second kappa shape index (κ2) is 15.8. The van der Waals surface area contributed by atoms with Crippen LogP contribution in [0.5, 0.6) is 0 Å². The number of hydrogen-bond acceptors (Lipinski definition) is 11. The van der Waals surface area contributed by atoms with Gasteiger partial charge in [0.1, 0.15) is 18.2 Å². The highest BCUT2D eigenvalue weighted by atomic mass is 32.2. The molecule has 2 aromatic carbocycles.